The summed E-state index contributed by atoms with van der Waals surface area (Å²) in [7, 11) is 0. The summed E-state index contributed by atoms with van der Waals surface area (Å²) in [4.78, 5) is 0. The molecule has 1 aliphatic carbocycles. The normalized spacial score (nSPS) is 19.4. The molecule has 3 aromatic carbocycles. The standard InChI is InChI=1S/C31H36F2/c1-2-3-5-8-23-11-15-25(16-12-23)27-17-20-29(31(33)22-27)30(26-9-6-4-7-10-26)21-24-13-18-28(32)19-14-24/h4,6-7,9-10,13-14,17-20,22-23,25,30H,2-3,5,8,11-12,15-16,21H2,1H3. The first-order valence-corrected chi connectivity index (χ1v) is 12.7. The molecule has 0 spiro atoms. The molecule has 0 saturated heterocycles. The summed E-state index contributed by atoms with van der Waals surface area (Å²) in [5.41, 5.74) is 3.97. The summed E-state index contributed by atoms with van der Waals surface area (Å²) in [5.74, 6) is 0.873. The third kappa shape index (κ3) is 6.31. The Balaban J connectivity index is 1.50. The van der Waals surface area contributed by atoms with Crippen molar-refractivity contribution in [2.75, 3.05) is 0 Å². The van der Waals surface area contributed by atoms with Crippen LogP contribution in [0.25, 0.3) is 0 Å². The Bertz CT molecular complexity index is 985. The minimum absolute atomic E-state index is 0.0972. The SMILES string of the molecule is CCCCCC1CCC(c2ccc(C(Cc3ccc(F)cc3)c3ccccc3)c(F)c2)CC1. The number of hydrogen-bond acceptors (Lipinski definition) is 0. The molecular weight excluding hydrogens is 410 g/mol. The highest BCUT2D eigenvalue weighted by atomic mass is 19.1. The van der Waals surface area contributed by atoms with E-state index in [1.807, 2.05) is 24.3 Å². The minimum atomic E-state index is -0.245. The van der Waals surface area contributed by atoms with E-state index in [2.05, 4.69) is 25.1 Å². The molecule has 2 heteroatoms. The van der Waals surface area contributed by atoms with Gasteiger partial charge < -0.3 is 0 Å². The van der Waals surface area contributed by atoms with E-state index < -0.39 is 0 Å². The predicted octanol–water partition coefficient (Wildman–Crippen LogP) is 9.19. The van der Waals surface area contributed by atoms with E-state index >= 15 is 4.39 Å². The molecule has 1 unspecified atom stereocenters. The highest BCUT2D eigenvalue weighted by Gasteiger charge is 2.24. The fourth-order valence-electron chi connectivity index (χ4n) is 5.50. The smallest absolute Gasteiger partial charge is 0.127 e. The Morgan fingerprint density at radius 1 is 0.818 bits per heavy atom. The Hall–Kier alpha value is -2.48. The molecule has 0 aliphatic heterocycles. The highest BCUT2D eigenvalue weighted by molar-refractivity contribution is 5.38. The van der Waals surface area contributed by atoms with E-state index in [0.717, 1.165) is 28.2 Å². The maximum atomic E-state index is 15.5. The lowest BCUT2D eigenvalue weighted by Crippen LogP contribution is -2.14. The van der Waals surface area contributed by atoms with Crippen LogP contribution in [0.1, 0.15) is 92.4 Å². The lowest BCUT2D eigenvalue weighted by Gasteiger charge is -2.29. The lowest BCUT2D eigenvalue weighted by atomic mass is 9.76. The third-order valence-corrected chi connectivity index (χ3v) is 7.49. The molecule has 3 aromatic rings. The van der Waals surface area contributed by atoms with Crippen LogP contribution in [0.15, 0.2) is 72.8 Å². The third-order valence-electron chi connectivity index (χ3n) is 7.49. The second-order valence-corrected chi connectivity index (χ2v) is 9.79. The van der Waals surface area contributed by atoms with Crippen molar-refractivity contribution < 1.29 is 8.78 Å². The Morgan fingerprint density at radius 3 is 2.21 bits per heavy atom. The van der Waals surface area contributed by atoms with Gasteiger partial charge in [0.25, 0.3) is 0 Å². The van der Waals surface area contributed by atoms with Gasteiger partial charge in [0.1, 0.15) is 11.6 Å². The van der Waals surface area contributed by atoms with E-state index in [1.165, 1.54) is 63.5 Å². The minimum Gasteiger partial charge on any atom is -0.207 e. The van der Waals surface area contributed by atoms with Gasteiger partial charge in [-0.2, -0.15) is 0 Å². The van der Waals surface area contributed by atoms with Crippen LogP contribution in [-0.2, 0) is 6.42 Å². The number of hydrogen-bond donors (Lipinski definition) is 0. The monoisotopic (exact) mass is 446 g/mol. The van der Waals surface area contributed by atoms with Crippen LogP contribution in [0.3, 0.4) is 0 Å². The molecule has 0 bridgehead atoms. The lowest BCUT2D eigenvalue weighted by molar-refractivity contribution is 0.302. The van der Waals surface area contributed by atoms with Crippen LogP contribution in [-0.4, -0.2) is 0 Å². The second-order valence-electron chi connectivity index (χ2n) is 9.79. The van der Waals surface area contributed by atoms with Gasteiger partial charge in [0.05, 0.1) is 0 Å². The van der Waals surface area contributed by atoms with Gasteiger partial charge >= 0.3 is 0 Å². The van der Waals surface area contributed by atoms with E-state index in [0.29, 0.717) is 12.3 Å². The second kappa shape index (κ2) is 11.6. The molecular formula is C31H36F2. The van der Waals surface area contributed by atoms with Gasteiger partial charge in [0.2, 0.25) is 0 Å². The number of rotatable bonds is 9. The van der Waals surface area contributed by atoms with Gasteiger partial charge in [-0.05, 0) is 84.4 Å². The van der Waals surface area contributed by atoms with Gasteiger partial charge in [0.15, 0.2) is 0 Å². The van der Waals surface area contributed by atoms with Crippen LogP contribution < -0.4 is 0 Å². The Labute approximate surface area is 198 Å². The van der Waals surface area contributed by atoms with Gasteiger partial charge in [0, 0.05) is 5.92 Å². The highest BCUT2D eigenvalue weighted by Crippen LogP contribution is 2.39. The van der Waals surface area contributed by atoms with E-state index in [9.17, 15) is 4.39 Å². The molecule has 1 aliphatic rings. The molecule has 1 saturated carbocycles. The zero-order valence-corrected chi connectivity index (χ0v) is 19.8. The Kier molecular flexibility index (Phi) is 8.31. The van der Waals surface area contributed by atoms with Gasteiger partial charge in [-0.25, -0.2) is 8.78 Å². The average molecular weight is 447 g/mol. The van der Waals surface area contributed by atoms with Crippen molar-refractivity contribution in [3.63, 3.8) is 0 Å². The molecule has 4 rings (SSSR count). The fourth-order valence-corrected chi connectivity index (χ4v) is 5.50. The predicted molar refractivity (Wildman–Crippen MR) is 134 cm³/mol. The number of halogens is 2. The van der Waals surface area contributed by atoms with Crippen LogP contribution in [0.5, 0.6) is 0 Å². The van der Waals surface area contributed by atoms with Crippen LogP contribution in [0, 0.1) is 17.6 Å². The molecule has 0 aromatic heterocycles. The van der Waals surface area contributed by atoms with Crippen LogP contribution in [0.2, 0.25) is 0 Å². The van der Waals surface area contributed by atoms with Crippen LogP contribution in [0.4, 0.5) is 8.78 Å². The van der Waals surface area contributed by atoms with Gasteiger partial charge in [-0.15, -0.1) is 0 Å². The molecule has 1 atom stereocenters. The van der Waals surface area contributed by atoms with E-state index in [1.54, 1.807) is 18.2 Å². The van der Waals surface area contributed by atoms with Crippen molar-refractivity contribution in [3.05, 3.63) is 107 Å². The summed E-state index contributed by atoms with van der Waals surface area (Å²) in [6.07, 6.45) is 10.9. The summed E-state index contributed by atoms with van der Waals surface area (Å²) < 4.78 is 28.9. The summed E-state index contributed by atoms with van der Waals surface area (Å²) in [6, 6.07) is 22.6. The van der Waals surface area contributed by atoms with Gasteiger partial charge in [-0.3, -0.25) is 0 Å². The van der Waals surface area contributed by atoms with Crippen molar-refractivity contribution in [2.24, 2.45) is 5.92 Å². The number of benzene rings is 3. The molecule has 0 radical (unpaired) electrons. The molecule has 1 fully saturated rings. The van der Waals surface area contributed by atoms with Crippen molar-refractivity contribution in [2.45, 2.75) is 76.5 Å². The maximum absolute atomic E-state index is 15.5. The van der Waals surface area contributed by atoms with Gasteiger partial charge in [-0.1, -0.05) is 87.2 Å². The molecule has 0 amide bonds. The van der Waals surface area contributed by atoms with Crippen molar-refractivity contribution in [1.82, 2.24) is 0 Å². The summed E-state index contributed by atoms with van der Waals surface area (Å²) in [6.45, 7) is 2.26. The first kappa shape index (κ1) is 23.7. The van der Waals surface area contributed by atoms with Crippen molar-refractivity contribution in [3.8, 4) is 0 Å². The van der Waals surface area contributed by atoms with Crippen LogP contribution >= 0.6 is 0 Å². The van der Waals surface area contributed by atoms with Crippen molar-refractivity contribution >= 4 is 0 Å². The van der Waals surface area contributed by atoms with E-state index in [-0.39, 0.29) is 17.6 Å². The Morgan fingerprint density at radius 2 is 1.55 bits per heavy atom. The van der Waals surface area contributed by atoms with E-state index in [4.69, 9.17) is 0 Å². The first-order chi connectivity index (χ1) is 16.1. The molecule has 0 nitrogen and oxygen atoms in total. The fraction of sp³-hybridized carbons (Fsp3) is 0.419. The largest absolute Gasteiger partial charge is 0.207 e. The topological polar surface area (TPSA) is 0 Å². The van der Waals surface area contributed by atoms with Crippen molar-refractivity contribution in [1.29, 1.82) is 0 Å². The average Bonchev–Trinajstić information content (AvgIpc) is 2.85. The molecule has 33 heavy (non-hydrogen) atoms. The molecule has 174 valence electrons. The summed E-state index contributed by atoms with van der Waals surface area (Å²) in [5, 5.41) is 0. The molecule has 0 heterocycles. The zero-order valence-electron chi connectivity index (χ0n) is 19.8. The quantitative estimate of drug-likeness (QED) is 0.287. The first-order valence-electron chi connectivity index (χ1n) is 12.7. The maximum Gasteiger partial charge on any atom is 0.127 e. The summed E-state index contributed by atoms with van der Waals surface area (Å²) >= 11 is 0. The molecule has 0 N–H and O–H groups in total. The number of unbranched alkanes of at least 4 members (excludes halogenated alkanes) is 2. The zero-order chi connectivity index (χ0) is 23.0.